The summed E-state index contributed by atoms with van der Waals surface area (Å²) in [6.07, 6.45) is 9.55. The maximum atomic E-state index is 12.5. The number of allylic oxidation sites excluding steroid dienone is 1. The predicted molar refractivity (Wildman–Crippen MR) is 131 cm³/mol. The fourth-order valence-electron chi connectivity index (χ4n) is 10.5. The maximum absolute atomic E-state index is 12.5. The third-order valence-electron chi connectivity index (χ3n) is 11.8. The molecule has 10 atom stereocenters. The summed E-state index contributed by atoms with van der Waals surface area (Å²) in [4.78, 5) is 12.5. The first-order valence-electron chi connectivity index (χ1n) is 13.6. The van der Waals surface area contributed by atoms with Crippen LogP contribution in [0.3, 0.4) is 0 Å². The molecule has 5 aliphatic rings. The van der Waals surface area contributed by atoms with Gasteiger partial charge in [0.2, 0.25) is 0 Å². The summed E-state index contributed by atoms with van der Waals surface area (Å²) < 4.78 is 18.4. The number of aliphatic hydroxyl groups is 1. The highest BCUT2D eigenvalue weighted by atomic mass is 16.7. The van der Waals surface area contributed by atoms with Crippen molar-refractivity contribution in [3.63, 3.8) is 0 Å². The lowest BCUT2D eigenvalue weighted by Crippen LogP contribution is -2.68. The third kappa shape index (κ3) is 3.11. The van der Waals surface area contributed by atoms with Crippen molar-refractivity contribution in [2.75, 3.05) is 13.7 Å². The number of hydrogen-bond acceptors (Lipinski definition) is 5. The van der Waals surface area contributed by atoms with Crippen molar-refractivity contribution >= 4 is 5.97 Å². The smallest absolute Gasteiger partial charge is 0.302 e. The van der Waals surface area contributed by atoms with Gasteiger partial charge in [-0.1, -0.05) is 40.2 Å². The SMILES string of the molecule is COC1OC(C)C2=CCC3C4(C)CCC5C(C)(C)CCCC5(CO)C4CC(OC(C)=O)C3(C)C21. The first-order chi connectivity index (χ1) is 16.0. The average Bonchev–Trinajstić information content (AvgIpc) is 3.11. The van der Waals surface area contributed by atoms with Gasteiger partial charge < -0.3 is 19.3 Å². The van der Waals surface area contributed by atoms with Crippen molar-refractivity contribution in [1.82, 2.24) is 0 Å². The normalized spacial score (nSPS) is 51.4. The maximum Gasteiger partial charge on any atom is 0.302 e. The van der Waals surface area contributed by atoms with Gasteiger partial charge in [-0.3, -0.25) is 4.79 Å². The zero-order valence-electron chi connectivity index (χ0n) is 22.4. The van der Waals surface area contributed by atoms with Gasteiger partial charge in [0.1, 0.15) is 6.10 Å². The van der Waals surface area contributed by atoms with E-state index in [4.69, 9.17) is 14.2 Å². The standard InChI is InChI=1S/C29H46O5/c1-17-19-9-10-21-27(5)14-11-20-26(3,4)12-8-13-29(20,16-30)22(27)15-23(34-18(2)31)28(21,6)24(19)25(32-7)33-17/h9,17,20-25,30H,8,10-16H2,1-7H3. The Bertz CT molecular complexity index is 865. The molecule has 0 bridgehead atoms. The van der Waals surface area contributed by atoms with E-state index in [1.54, 1.807) is 14.0 Å². The first kappa shape index (κ1) is 24.8. The molecule has 5 rings (SSSR count). The quantitative estimate of drug-likeness (QED) is 0.432. The van der Waals surface area contributed by atoms with Gasteiger partial charge >= 0.3 is 5.97 Å². The lowest BCUT2D eigenvalue weighted by molar-refractivity contribution is -0.264. The van der Waals surface area contributed by atoms with E-state index in [1.165, 1.54) is 31.3 Å². The van der Waals surface area contributed by atoms with Crippen molar-refractivity contribution in [2.24, 2.45) is 45.3 Å². The number of fused-ring (bicyclic) bond motifs is 7. The fourth-order valence-corrected chi connectivity index (χ4v) is 10.5. The zero-order valence-corrected chi connectivity index (χ0v) is 22.4. The molecular weight excluding hydrogens is 428 g/mol. The second-order valence-electron chi connectivity index (χ2n) is 13.4. The summed E-state index contributed by atoms with van der Waals surface area (Å²) in [5.41, 5.74) is 1.26. The Morgan fingerprint density at radius 1 is 1.15 bits per heavy atom. The minimum atomic E-state index is -0.316. The molecule has 5 heteroatoms. The first-order valence-corrected chi connectivity index (χ1v) is 13.6. The molecule has 34 heavy (non-hydrogen) atoms. The van der Waals surface area contributed by atoms with Crippen LogP contribution in [0.5, 0.6) is 0 Å². The zero-order chi connectivity index (χ0) is 24.7. The molecule has 1 saturated heterocycles. The second-order valence-corrected chi connectivity index (χ2v) is 13.4. The number of hydrogen-bond donors (Lipinski definition) is 1. The van der Waals surface area contributed by atoms with Crippen LogP contribution in [0, 0.1) is 45.3 Å². The molecule has 192 valence electrons. The van der Waals surface area contributed by atoms with Crippen LogP contribution in [-0.2, 0) is 19.0 Å². The number of aliphatic hydroxyl groups excluding tert-OH is 1. The van der Waals surface area contributed by atoms with E-state index in [0.717, 1.165) is 19.3 Å². The van der Waals surface area contributed by atoms with Crippen LogP contribution in [0.25, 0.3) is 0 Å². The van der Waals surface area contributed by atoms with Crippen LogP contribution in [0.4, 0.5) is 0 Å². The molecule has 4 fully saturated rings. The molecule has 0 amide bonds. The third-order valence-corrected chi connectivity index (χ3v) is 11.8. The number of methoxy groups -OCH3 is 1. The lowest BCUT2D eigenvalue weighted by atomic mass is 9.34. The molecule has 10 unspecified atom stereocenters. The van der Waals surface area contributed by atoms with Crippen LogP contribution < -0.4 is 0 Å². The molecule has 0 spiro atoms. The largest absolute Gasteiger partial charge is 0.462 e. The van der Waals surface area contributed by atoms with Crippen molar-refractivity contribution < 1.29 is 24.1 Å². The highest BCUT2D eigenvalue weighted by Gasteiger charge is 2.71. The van der Waals surface area contributed by atoms with E-state index in [9.17, 15) is 9.90 Å². The molecular formula is C29H46O5. The van der Waals surface area contributed by atoms with E-state index in [2.05, 4.69) is 40.7 Å². The monoisotopic (exact) mass is 474 g/mol. The van der Waals surface area contributed by atoms with Gasteiger partial charge in [-0.25, -0.2) is 0 Å². The van der Waals surface area contributed by atoms with Crippen molar-refractivity contribution in [1.29, 1.82) is 0 Å². The Hall–Kier alpha value is -0.910. The van der Waals surface area contributed by atoms with Crippen molar-refractivity contribution in [3.8, 4) is 0 Å². The van der Waals surface area contributed by atoms with Gasteiger partial charge in [0.25, 0.3) is 0 Å². The Morgan fingerprint density at radius 2 is 1.88 bits per heavy atom. The van der Waals surface area contributed by atoms with Gasteiger partial charge in [-0.15, -0.1) is 0 Å². The van der Waals surface area contributed by atoms with Crippen LogP contribution in [0.1, 0.15) is 86.5 Å². The summed E-state index contributed by atoms with van der Waals surface area (Å²) in [5, 5.41) is 11.1. The minimum absolute atomic E-state index is 0.0231. The molecule has 0 aromatic carbocycles. The molecule has 0 aromatic rings. The van der Waals surface area contributed by atoms with Gasteiger partial charge in [-0.05, 0) is 79.6 Å². The minimum Gasteiger partial charge on any atom is -0.462 e. The molecule has 1 N–H and O–H groups in total. The molecule has 0 radical (unpaired) electrons. The van der Waals surface area contributed by atoms with Gasteiger partial charge in [-0.2, -0.15) is 0 Å². The van der Waals surface area contributed by atoms with Gasteiger partial charge in [0.05, 0.1) is 6.10 Å². The van der Waals surface area contributed by atoms with E-state index < -0.39 is 0 Å². The van der Waals surface area contributed by atoms with Crippen LogP contribution >= 0.6 is 0 Å². The van der Waals surface area contributed by atoms with E-state index >= 15 is 0 Å². The van der Waals surface area contributed by atoms with E-state index in [1.807, 2.05) is 0 Å². The predicted octanol–water partition coefficient (Wildman–Crippen LogP) is 5.50. The number of rotatable bonds is 3. The number of esters is 1. The summed E-state index contributed by atoms with van der Waals surface area (Å²) in [5.74, 6) is 1.06. The molecule has 0 aromatic heterocycles. The molecule has 1 aliphatic heterocycles. The highest BCUT2D eigenvalue weighted by Crippen LogP contribution is 2.74. The van der Waals surface area contributed by atoms with Gasteiger partial charge in [0.15, 0.2) is 6.29 Å². The fraction of sp³-hybridized carbons (Fsp3) is 0.897. The van der Waals surface area contributed by atoms with Gasteiger partial charge in [0, 0.05) is 37.4 Å². The molecule has 4 aliphatic carbocycles. The van der Waals surface area contributed by atoms with Crippen molar-refractivity contribution in [2.45, 2.75) is 105 Å². The Kier molecular flexibility index (Phi) is 5.86. The van der Waals surface area contributed by atoms with Crippen molar-refractivity contribution in [3.05, 3.63) is 11.6 Å². The van der Waals surface area contributed by atoms with E-state index in [-0.39, 0.29) is 58.7 Å². The summed E-state index contributed by atoms with van der Waals surface area (Å²) in [6, 6.07) is 0. The molecule has 3 saturated carbocycles. The Balaban J connectivity index is 1.65. The highest BCUT2D eigenvalue weighted by molar-refractivity contribution is 5.66. The second kappa shape index (κ2) is 8.05. The summed E-state index contributed by atoms with van der Waals surface area (Å²) >= 11 is 0. The van der Waals surface area contributed by atoms with E-state index in [0.29, 0.717) is 17.8 Å². The average molecular weight is 475 g/mol. The van der Waals surface area contributed by atoms with Crippen LogP contribution in [0.15, 0.2) is 11.6 Å². The lowest BCUT2D eigenvalue weighted by Gasteiger charge is -2.71. The summed E-state index contributed by atoms with van der Waals surface area (Å²) in [6.45, 7) is 13.6. The molecule has 1 heterocycles. The number of ether oxygens (including phenoxy) is 3. The number of carbonyl (C=O) groups is 1. The summed E-state index contributed by atoms with van der Waals surface area (Å²) in [7, 11) is 1.73. The Labute approximate surface area is 206 Å². The molecule has 5 nitrogen and oxygen atoms in total. The van der Waals surface area contributed by atoms with Crippen LogP contribution in [-0.4, -0.2) is 43.3 Å². The van der Waals surface area contributed by atoms with Crippen LogP contribution in [0.2, 0.25) is 0 Å². The Morgan fingerprint density at radius 3 is 2.53 bits per heavy atom. The number of carbonyl (C=O) groups excluding carboxylic acids is 1. The topological polar surface area (TPSA) is 65.0 Å².